The number of rotatable bonds is 3. The molecule has 130 valence electrons. The van der Waals surface area contributed by atoms with Gasteiger partial charge in [0.05, 0.1) is 11.2 Å². The van der Waals surface area contributed by atoms with E-state index in [1.54, 1.807) is 0 Å². The van der Waals surface area contributed by atoms with Crippen molar-refractivity contribution in [3.8, 4) is 0 Å². The second kappa shape index (κ2) is 6.55. The SMILES string of the molecule is CN1CCN(c2ccc(/C=C/B3OC(C)(C)C(C)(C)O3)cc2)CC1. The standard InChI is InChI=1S/C19H29BN2O2/c1-18(2)19(3,4)24-20(23-18)11-10-16-6-8-17(9-7-16)22-14-12-21(5)13-15-22/h6-11H,12-15H2,1-5H3/b11-10+. The highest BCUT2D eigenvalue weighted by atomic mass is 16.7. The minimum Gasteiger partial charge on any atom is -0.400 e. The highest BCUT2D eigenvalue weighted by molar-refractivity contribution is 6.52. The normalized spacial score (nSPS) is 24.0. The highest BCUT2D eigenvalue weighted by Gasteiger charge is 2.49. The Morgan fingerprint density at radius 2 is 1.46 bits per heavy atom. The minimum absolute atomic E-state index is 0.284. The molecule has 2 aliphatic rings. The third kappa shape index (κ3) is 3.69. The van der Waals surface area contributed by atoms with Gasteiger partial charge in [0.25, 0.3) is 0 Å². The smallest absolute Gasteiger partial charge is 0.400 e. The van der Waals surface area contributed by atoms with Gasteiger partial charge in [-0.25, -0.2) is 0 Å². The minimum atomic E-state index is -0.285. The van der Waals surface area contributed by atoms with Crippen LogP contribution in [-0.4, -0.2) is 56.4 Å². The van der Waals surface area contributed by atoms with Crippen molar-refractivity contribution in [1.29, 1.82) is 0 Å². The van der Waals surface area contributed by atoms with Crippen molar-refractivity contribution in [3.05, 3.63) is 35.8 Å². The van der Waals surface area contributed by atoms with Crippen molar-refractivity contribution >= 4 is 18.9 Å². The van der Waals surface area contributed by atoms with Gasteiger partial charge < -0.3 is 19.1 Å². The summed E-state index contributed by atoms with van der Waals surface area (Å²) in [5.74, 6) is 2.00. The zero-order chi connectivity index (χ0) is 17.4. The summed E-state index contributed by atoms with van der Waals surface area (Å²) >= 11 is 0. The molecule has 0 aromatic heterocycles. The maximum atomic E-state index is 5.99. The number of piperazine rings is 1. The summed E-state index contributed by atoms with van der Waals surface area (Å²) in [6, 6.07) is 8.73. The van der Waals surface area contributed by atoms with Crippen LogP contribution in [0.5, 0.6) is 0 Å². The third-order valence-electron chi connectivity index (χ3n) is 5.48. The molecule has 1 aromatic carbocycles. The lowest BCUT2D eigenvalue weighted by Gasteiger charge is -2.34. The molecular weight excluding hydrogens is 299 g/mol. The first-order chi connectivity index (χ1) is 11.3. The lowest BCUT2D eigenvalue weighted by molar-refractivity contribution is 0.00578. The molecule has 4 nitrogen and oxygen atoms in total. The lowest BCUT2D eigenvalue weighted by Crippen LogP contribution is -2.44. The van der Waals surface area contributed by atoms with Crippen molar-refractivity contribution in [1.82, 2.24) is 4.90 Å². The van der Waals surface area contributed by atoms with E-state index in [1.807, 2.05) is 5.98 Å². The van der Waals surface area contributed by atoms with E-state index in [1.165, 1.54) is 11.3 Å². The van der Waals surface area contributed by atoms with E-state index in [4.69, 9.17) is 9.31 Å². The van der Waals surface area contributed by atoms with Gasteiger partial charge in [-0.15, -0.1) is 0 Å². The molecular formula is C19H29BN2O2. The number of benzene rings is 1. The molecule has 0 unspecified atom stereocenters. The molecule has 0 bridgehead atoms. The van der Waals surface area contributed by atoms with Crippen molar-refractivity contribution < 1.29 is 9.31 Å². The molecule has 24 heavy (non-hydrogen) atoms. The quantitative estimate of drug-likeness (QED) is 0.796. The van der Waals surface area contributed by atoms with Gasteiger partial charge in [0.2, 0.25) is 0 Å². The number of nitrogens with zero attached hydrogens (tertiary/aromatic N) is 2. The molecule has 0 spiro atoms. The second-order valence-corrected chi connectivity index (χ2v) is 7.87. The topological polar surface area (TPSA) is 24.9 Å². The van der Waals surface area contributed by atoms with E-state index in [2.05, 4.69) is 74.9 Å². The van der Waals surface area contributed by atoms with Crippen LogP contribution in [0.1, 0.15) is 33.3 Å². The van der Waals surface area contributed by atoms with Crippen LogP contribution in [0, 0.1) is 0 Å². The fraction of sp³-hybridized carbons (Fsp3) is 0.579. The van der Waals surface area contributed by atoms with Crippen LogP contribution in [0.2, 0.25) is 0 Å². The molecule has 5 heteroatoms. The fourth-order valence-corrected chi connectivity index (χ4v) is 3.02. The van der Waals surface area contributed by atoms with Crippen LogP contribution in [0.3, 0.4) is 0 Å². The molecule has 0 amide bonds. The van der Waals surface area contributed by atoms with Crippen molar-refractivity contribution in [2.24, 2.45) is 0 Å². The van der Waals surface area contributed by atoms with Crippen LogP contribution in [0.4, 0.5) is 5.69 Å². The van der Waals surface area contributed by atoms with Gasteiger partial charge in [0, 0.05) is 31.9 Å². The average molecular weight is 328 g/mol. The lowest BCUT2D eigenvalue weighted by atomic mass is 9.89. The van der Waals surface area contributed by atoms with Crippen LogP contribution in [0.25, 0.3) is 6.08 Å². The van der Waals surface area contributed by atoms with Gasteiger partial charge >= 0.3 is 7.12 Å². The number of hydrogen-bond acceptors (Lipinski definition) is 4. The zero-order valence-electron chi connectivity index (χ0n) is 15.6. The Morgan fingerprint density at radius 3 is 2.00 bits per heavy atom. The molecule has 0 radical (unpaired) electrons. The largest absolute Gasteiger partial charge is 0.487 e. The van der Waals surface area contributed by atoms with E-state index in [0.717, 1.165) is 26.2 Å². The number of likely N-dealkylation sites (N-methyl/N-ethyl adjacent to an activating group) is 1. The molecule has 0 N–H and O–H groups in total. The Morgan fingerprint density at radius 1 is 0.917 bits per heavy atom. The van der Waals surface area contributed by atoms with Gasteiger partial charge in [-0.2, -0.15) is 0 Å². The van der Waals surface area contributed by atoms with Crippen LogP contribution >= 0.6 is 0 Å². The molecule has 2 fully saturated rings. The zero-order valence-corrected chi connectivity index (χ0v) is 15.6. The van der Waals surface area contributed by atoms with Gasteiger partial charge in [-0.3, -0.25) is 0 Å². The Hall–Kier alpha value is -1.30. The fourth-order valence-electron chi connectivity index (χ4n) is 3.02. The molecule has 0 saturated carbocycles. The van der Waals surface area contributed by atoms with Gasteiger partial charge in [-0.1, -0.05) is 24.2 Å². The maximum absolute atomic E-state index is 5.99. The molecule has 1 aromatic rings. The van der Waals surface area contributed by atoms with Crippen LogP contribution < -0.4 is 4.90 Å². The monoisotopic (exact) mass is 328 g/mol. The van der Waals surface area contributed by atoms with Crippen LogP contribution in [0.15, 0.2) is 30.2 Å². The molecule has 0 aliphatic carbocycles. The molecule has 2 heterocycles. The Bertz CT molecular complexity index is 574. The van der Waals surface area contributed by atoms with E-state index in [0.29, 0.717) is 0 Å². The van der Waals surface area contributed by atoms with E-state index >= 15 is 0 Å². The van der Waals surface area contributed by atoms with E-state index < -0.39 is 0 Å². The Balaban J connectivity index is 1.61. The summed E-state index contributed by atoms with van der Waals surface area (Å²) in [6.07, 6.45) is 2.08. The molecule has 2 saturated heterocycles. The van der Waals surface area contributed by atoms with E-state index in [-0.39, 0.29) is 18.3 Å². The first kappa shape index (κ1) is 17.5. The van der Waals surface area contributed by atoms with Gasteiger partial charge in [-0.05, 0) is 52.4 Å². The third-order valence-corrected chi connectivity index (χ3v) is 5.48. The average Bonchev–Trinajstić information content (AvgIpc) is 2.74. The summed E-state index contributed by atoms with van der Waals surface area (Å²) in [5.41, 5.74) is 1.90. The molecule has 3 rings (SSSR count). The van der Waals surface area contributed by atoms with Crippen molar-refractivity contribution in [2.45, 2.75) is 38.9 Å². The second-order valence-electron chi connectivity index (χ2n) is 7.87. The maximum Gasteiger partial charge on any atom is 0.487 e. The Labute approximate surface area is 146 Å². The molecule has 0 atom stereocenters. The first-order valence-corrected chi connectivity index (χ1v) is 8.84. The van der Waals surface area contributed by atoms with Gasteiger partial charge in [0.15, 0.2) is 0 Å². The first-order valence-electron chi connectivity index (χ1n) is 8.84. The summed E-state index contributed by atoms with van der Waals surface area (Å²) in [6.45, 7) is 12.8. The van der Waals surface area contributed by atoms with E-state index in [9.17, 15) is 0 Å². The van der Waals surface area contributed by atoms with Gasteiger partial charge in [0.1, 0.15) is 0 Å². The molecule has 2 aliphatic heterocycles. The summed E-state index contributed by atoms with van der Waals surface area (Å²) in [4.78, 5) is 4.82. The predicted octanol–water partition coefficient (Wildman–Crippen LogP) is 3.08. The highest BCUT2D eigenvalue weighted by Crippen LogP contribution is 2.37. The number of anilines is 1. The Kier molecular flexibility index (Phi) is 4.78. The van der Waals surface area contributed by atoms with Crippen LogP contribution in [-0.2, 0) is 9.31 Å². The number of hydrogen-bond donors (Lipinski definition) is 0. The van der Waals surface area contributed by atoms with Crippen molar-refractivity contribution in [3.63, 3.8) is 0 Å². The summed E-state index contributed by atoms with van der Waals surface area (Å²) < 4.78 is 12.0. The predicted molar refractivity (Wildman–Crippen MR) is 101 cm³/mol. The van der Waals surface area contributed by atoms with Crippen molar-refractivity contribution in [2.75, 3.05) is 38.1 Å². The summed E-state index contributed by atoms with van der Waals surface area (Å²) in [5, 5.41) is 0. The summed E-state index contributed by atoms with van der Waals surface area (Å²) in [7, 11) is 1.90.